The average molecular weight is 498 g/mol. The van der Waals surface area contributed by atoms with Gasteiger partial charge in [-0.15, -0.1) is 0 Å². The van der Waals surface area contributed by atoms with Crippen LogP contribution in [0.1, 0.15) is 50.3 Å². The first kappa shape index (κ1) is 26.3. The molecule has 0 saturated carbocycles. The molecule has 2 amide bonds. The van der Waals surface area contributed by atoms with E-state index < -0.39 is 6.04 Å². The van der Waals surface area contributed by atoms with E-state index in [-0.39, 0.29) is 24.0 Å². The predicted octanol–water partition coefficient (Wildman–Crippen LogP) is 5.34. The van der Waals surface area contributed by atoms with Gasteiger partial charge in [-0.05, 0) is 68.7 Å². The van der Waals surface area contributed by atoms with Crippen molar-refractivity contribution in [2.45, 2.75) is 58.4 Å². The Morgan fingerprint density at radius 1 is 1.09 bits per heavy atom. The van der Waals surface area contributed by atoms with Crippen LogP contribution in [-0.4, -0.2) is 35.7 Å². The first-order chi connectivity index (χ1) is 16.8. The molecule has 0 aliphatic rings. The molecule has 1 unspecified atom stereocenters. The number of H-pyrrole nitrogens is 1. The van der Waals surface area contributed by atoms with Crippen LogP contribution >= 0.6 is 11.6 Å². The van der Waals surface area contributed by atoms with Crippen molar-refractivity contribution >= 4 is 45.8 Å². The van der Waals surface area contributed by atoms with Gasteiger partial charge in [-0.3, -0.25) is 9.59 Å². The molecule has 0 radical (unpaired) electrons. The highest BCUT2D eigenvalue weighted by atomic mass is 35.5. The van der Waals surface area contributed by atoms with E-state index in [1.165, 1.54) is 0 Å². The summed E-state index contributed by atoms with van der Waals surface area (Å²) < 4.78 is 5.33. The van der Waals surface area contributed by atoms with E-state index in [0.717, 1.165) is 35.0 Å². The smallest absolute Gasteiger partial charge is 0.246 e. The van der Waals surface area contributed by atoms with Crippen LogP contribution in [0.5, 0.6) is 5.75 Å². The summed E-state index contributed by atoms with van der Waals surface area (Å²) in [5.41, 5.74) is 3.25. The van der Waals surface area contributed by atoms with Gasteiger partial charge in [0.15, 0.2) is 0 Å². The van der Waals surface area contributed by atoms with E-state index in [2.05, 4.69) is 15.6 Å². The number of halogens is 1. The molecule has 3 aromatic rings. The summed E-state index contributed by atoms with van der Waals surface area (Å²) in [4.78, 5) is 40.6. The number of Topliss-reactive ketones (excluding diaryl/α,β-unsaturated/α-hetero) is 1. The van der Waals surface area contributed by atoms with Crippen molar-refractivity contribution in [2.24, 2.45) is 0 Å². The molecule has 1 atom stereocenters. The number of nitrogens with one attached hydrogen (secondary N) is 3. The molecule has 3 N–H and O–H groups in total. The Bertz CT molecular complexity index is 1200. The molecule has 3 rings (SSSR count). The topological polar surface area (TPSA) is 100 Å². The fourth-order valence-corrected chi connectivity index (χ4v) is 4.28. The van der Waals surface area contributed by atoms with Crippen molar-refractivity contribution in [3.05, 3.63) is 58.7 Å². The van der Waals surface area contributed by atoms with Crippen LogP contribution in [0.3, 0.4) is 0 Å². The number of aryl methyl sites for hydroxylation is 1. The third-order valence-electron chi connectivity index (χ3n) is 5.93. The summed E-state index contributed by atoms with van der Waals surface area (Å²) >= 11 is 6.04. The van der Waals surface area contributed by atoms with Crippen molar-refractivity contribution < 1.29 is 19.1 Å². The number of unbranched alkanes of at least 4 members (excludes halogenated alkanes) is 2. The zero-order chi connectivity index (χ0) is 25.4. The minimum Gasteiger partial charge on any atom is -0.497 e. The molecule has 186 valence electrons. The summed E-state index contributed by atoms with van der Waals surface area (Å²) in [6.07, 6.45) is 3.40. The van der Waals surface area contributed by atoms with Gasteiger partial charge in [0.25, 0.3) is 0 Å². The van der Waals surface area contributed by atoms with E-state index in [4.69, 9.17) is 16.3 Å². The number of methoxy groups -OCH3 is 1. The molecule has 0 bridgehead atoms. The Balaban J connectivity index is 1.71. The van der Waals surface area contributed by atoms with Gasteiger partial charge in [-0.2, -0.15) is 0 Å². The van der Waals surface area contributed by atoms with Crippen molar-refractivity contribution in [3.63, 3.8) is 0 Å². The van der Waals surface area contributed by atoms with Crippen molar-refractivity contribution in [2.75, 3.05) is 12.4 Å². The van der Waals surface area contributed by atoms with E-state index in [1.54, 1.807) is 38.3 Å². The minimum atomic E-state index is -0.709. The predicted molar refractivity (Wildman–Crippen MR) is 139 cm³/mol. The first-order valence-electron chi connectivity index (χ1n) is 11.8. The van der Waals surface area contributed by atoms with Crippen LogP contribution in [0.25, 0.3) is 10.9 Å². The Morgan fingerprint density at radius 2 is 1.89 bits per heavy atom. The number of hydrogen-bond donors (Lipinski definition) is 3. The Kier molecular flexibility index (Phi) is 9.32. The molecule has 1 heterocycles. The van der Waals surface area contributed by atoms with Gasteiger partial charge in [0, 0.05) is 33.7 Å². The Labute approximate surface area is 210 Å². The number of carbonyl (C=O) groups is 3. The van der Waals surface area contributed by atoms with Crippen molar-refractivity contribution in [3.8, 4) is 5.75 Å². The van der Waals surface area contributed by atoms with E-state index >= 15 is 0 Å². The molecule has 1 aromatic heterocycles. The van der Waals surface area contributed by atoms with Crippen molar-refractivity contribution in [1.82, 2.24) is 10.3 Å². The standard InChI is InChI=1S/C27H32ClN3O4/c1-17(32)8-5-4-6-11-25(27(34)30-20-10-7-9-19(28)14-20)31-26(33)16-22-18(2)29-24-13-12-21(35-3)15-23(22)24/h7,9-10,12-15,25,29H,4-6,8,11,16H2,1-3H3,(H,30,34)(H,31,33). The number of benzene rings is 2. The summed E-state index contributed by atoms with van der Waals surface area (Å²) in [6.45, 7) is 3.50. The fraction of sp³-hybridized carbons (Fsp3) is 0.370. The maximum absolute atomic E-state index is 13.1. The molecule has 8 heteroatoms. The quantitative estimate of drug-likeness (QED) is 0.294. The summed E-state index contributed by atoms with van der Waals surface area (Å²) in [5.74, 6) is 0.318. The lowest BCUT2D eigenvalue weighted by Gasteiger charge is -2.19. The molecule has 0 spiro atoms. The Hall–Kier alpha value is -3.32. The number of hydrogen-bond acceptors (Lipinski definition) is 4. The van der Waals surface area contributed by atoms with Crippen LogP contribution in [0, 0.1) is 6.92 Å². The van der Waals surface area contributed by atoms with Gasteiger partial charge in [0.2, 0.25) is 11.8 Å². The lowest BCUT2D eigenvalue weighted by Crippen LogP contribution is -2.44. The second-order valence-electron chi connectivity index (χ2n) is 8.74. The lowest BCUT2D eigenvalue weighted by atomic mass is 10.0. The third kappa shape index (κ3) is 7.59. The second-order valence-corrected chi connectivity index (χ2v) is 9.17. The number of carbonyl (C=O) groups excluding carboxylic acids is 3. The van der Waals surface area contributed by atoms with E-state index in [9.17, 15) is 14.4 Å². The highest BCUT2D eigenvalue weighted by molar-refractivity contribution is 6.30. The molecule has 35 heavy (non-hydrogen) atoms. The zero-order valence-corrected chi connectivity index (χ0v) is 21.1. The number of ether oxygens (including phenoxy) is 1. The Morgan fingerprint density at radius 3 is 2.60 bits per heavy atom. The van der Waals surface area contributed by atoms with Gasteiger partial charge in [-0.25, -0.2) is 0 Å². The van der Waals surface area contributed by atoms with Gasteiger partial charge in [0.1, 0.15) is 17.6 Å². The number of rotatable bonds is 12. The number of anilines is 1. The van der Waals surface area contributed by atoms with E-state index in [0.29, 0.717) is 35.7 Å². The number of amides is 2. The van der Waals surface area contributed by atoms with Crippen LogP contribution < -0.4 is 15.4 Å². The van der Waals surface area contributed by atoms with Crippen LogP contribution in [0.4, 0.5) is 5.69 Å². The van der Waals surface area contributed by atoms with Gasteiger partial charge in [-0.1, -0.05) is 30.5 Å². The largest absolute Gasteiger partial charge is 0.497 e. The highest BCUT2D eigenvalue weighted by Crippen LogP contribution is 2.27. The van der Waals surface area contributed by atoms with Gasteiger partial charge < -0.3 is 25.1 Å². The highest BCUT2D eigenvalue weighted by Gasteiger charge is 2.22. The number of ketones is 1. The normalized spacial score (nSPS) is 11.8. The second kappa shape index (κ2) is 12.4. The van der Waals surface area contributed by atoms with Crippen molar-refractivity contribution in [1.29, 1.82) is 0 Å². The molecule has 0 aliphatic heterocycles. The monoisotopic (exact) mass is 497 g/mol. The fourth-order valence-electron chi connectivity index (χ4n) is 4.09. The number of fused-ring (bicyclic) bond motifs is 1. The third-order valence-corrected chi connectivity index (χ3v) is 6.16. The zero-order valence-electron chi connectivity index (χ0n) is 20.4. The van der Waals surface area contributed by atoms with Gasteiger partial charge in [0.05, 0.1) is 13.5 Å². The molecule has 0 fully saturated rings. The SMILES string of the molecule is COc1ccc2[nH]c(C)c(CC(=O)NC(CCCCCC(C)=O)C(=O)Nc3cccc(Cl)c3)c2c1. The molecule has 0 aliphatic carbocycles. The van der Waals surface area contributed by atoms with E-state index in [1.807, 2.05) is 25.1 Å². The maximum atomic E-state index is 13.1. The summed E-state index contributed by atoms with van der Waals surface area (Å²) in [5, 5.41) is 7.19. The summed E-state index contributed by atoms with van der Waals surface area (Å²) in [7, 11) is 1.60. The van der Waals surface area contributed by atoms with Crippen LogP contribution in [-0.2, 0) is 20.8 Å². The number of aromatic amines is 1. The minimum absolute atomic E-state index is 0.129. The van der Waals surface area contributed by atoms with Gasteiger partial charge >= 0.3 is 0 Å². The summed E-state index contributed by atoms with van der Waals surface area (Å²) in [6, 6.07) is 11.9. The van der Waals surface area contributed by atoms with Crippen LogP contribution in [0.2, 0.25) is 5.02 Å². The van der Waals surface area contributed by atoms with Crippen LogP contribution in [0.15, 0.2) is 42.5 Å². The molecular formula is C27H32ClN3O4. The lowest BCUT2D eigenvalue weighted by molar-refractivity contribution is -0.126. The first-order valence-corrected chi connectivity index (χ1v) is 12.1. The number of aromatic nitrogens is 1. The molecule has 0 saturated heterocycles. The molecule has 2 aromatic carbocycles. The molecular weight excluding hydrogens is 466 g/mol. The average Bonchev–Trinajstić information content (AvgIpc) is 3.11. The molecule has 7 nitrogen and oxygen atoms in total. The maximum Gasteiger partial charge on any atom is 0.246 e.